The lowest BCUT2D eigenvalue weighted by atomic mass is 10.2. The summed E-state index contributed by atoms with van der Waals surface area (Å²) in [4.78, 5) is 3.02. The van der Waals surface area contributed by atoms with E-state index < -0.39 is 0 Å². The van der Waals surface area contributed by atoms with Crippen LogP contribution in [0.3, 0.4) is 0 Å². The summed E-state index contributed by atoms with van der Waals surface area (Å²) in [6.45, 7) is 0. The minimum atomic E-state index is 0.598. The molecule has 9 heavy (non-hydrogen) atoms. The molecule has 0 fully saturated rings. The van der Waals surface area contributed by atoms with Crippen LogP contribution in [0.15, 0.2) is 18.3 Å². The third-order valence-electron chi connectivity index (χ3n) is 1.17. The number of hydrogen-bond acceptors (Lipinski definition) is 1. The molecular weight excluding hydrogens is 112 g/mol. The number of H-pyrrole nitrogens is 1. The van der Waals surface area contributed by atoms with E-state index in [0.717, 1.165) is 12.1 Å². The monoisotopic (exact) mass is 120 g/mol. The zero-order valence-electron chi connectivity index (χ0n) is 5.09. The van der Waals surface area contributed by atoms with Gasteiger partial charge in [0.1, 0.15) is 0 Å². The highest BCUT2D eigenvalue weighted by molar-refractivity contribution is 5.04. The first-order chi connectivity index (χ1) is 4.43. The van der Waals surface area contributed by atoms with Gasteiger partial charge < -0.3 is 4.98 Å². The van der Waals surface area contributed by atoms with Gasteiger partial charge in [-0.3, -0.25) is 0 Å². The molecule has 0 spiro atoms. The lowest BCUT2D eigenvalue weighted by Crippen LogP contribution is -1.80. The first kappa shape index (κ1) is 5.90. The Morgan fingerprint density at radius 2 is 2.56 bits per heavy atom. The summed E-state index contributed by atoms with van der Waals surface area (Å²) in [6, 6.07) is 6.01. The van der Waals surface area contributed by atoms with Crippen LogP contribution in [0.4, 0.5) is 0 Å². The molecule has 0 amide bonds. The van der Waals surface area contributed by atoms with Crippen LogP contribution < -0.4 is 0 Å². The fraction of sp³-hybridized carbons (Fsp3) is 0.286. The van der Waals surface area contributed by atoms with Crippen molar-refractivity contribution in [1.29, 1.82) is 5.26 Å². The molecule has 0 saturated carbocycles. The highest BCUT2D eigenvalue weighted by Crippen LogP contribution is 1.96. The summed E-state index contributed by atoms with van der Waals surface area (Å²) < 4.78 is 0. The van der Waals surface area contributed by atoms with Gasteiger partial charge in [-0.2, -0.15) is 5.26 Å². The van der Waals surface area contributed by atoms with Gasteiger partial charge in [-0.15, -0.1) is 0 Å². The van der Waals surface area contributed by atoms with Gasteiger partial charge in [0.2, 0.25) is 0 Å². The maximum atomic E-state index is 8.20. The number of aromatic amines is 1. The summed E-state index contributed by atoms with van der Waals surface area (Å²) in [5.74, 6) is 0. The Morgan fingerprint density at radius 3 is 3.11 bits per heavy atom. The van der Waals surface area contributed by atoms with Crippen molar-refractivity contribution in [1.82, 2.24) is 4.98 Å². The van der Waals surface area contributed by atoms with Crippen LogP contribution in [0.25, 0.3) is 0 Å². The largest absolute Gasteiger partial charge is 0.365 e. The fourth-order valence-corrected chi connectivity index (χ4v) is 0.714. The second-order valence-electron chi connectivity index (χ2n) is 1.85. The molecule has 1 N–H and O–H groups in total. The van der Waals surface area contributed by atoms with Crippen LogP contribution in [0.2, 0.25) is 0 Å². The van der Waals surface area contributed by atoms with E-state index in [4.69, 9.17) is 5.26 Å². The van der Waals surface area contributed by atoms with Gasteiger partial charge in [0.05, 0.1) is 6.07 Å². The fourth-order valence-electron chi connectivity index (χ4n) is 0.714. The molecule has 2 nitrogen and oxygen atoms in total. The second-order valence-corrected chi connectivity index (χ2v) is 1.85. The summed E-state index contributed by atoms with van der Waals surface area (Å²) in [6.07, 6.45) is 3.30. The summed E-state index contributed by atoms with van der Waals surface area (Å²) in [5.41, 5.74) is 1.14. The summed E-state index contributed by atoms with van der Waals surface area (Å²) >= 11 is 0. The minimum Gasteiger partial charge on any atom is -0.365 e. The average molecular weight is 120 g/mol. The Bertz CT molecular complexity index is 193. The van der Waals surface area contributed by atoms with Crippen molar-refractivity contribution >= 4 is 0 Å². The predicted molar refractivity (Wildman–Crippen MR) is 34.7 cm³/mol. The van der Waals surface area contributed by atoms with Crippen molar-refractivity contribution < 1.29 is 0 Å². The number of hydrogen-bond donors (Lipinski definition) is 1. The van der Waals surface area contributed by atoms with Crippen LogP contribution in [-0.2, 0) is 6.42 Å². The molecule has 2 heteroatoms. The van der Waals surface area contributed by atoms with Crippen molar-refractivity contribution in [3.05, 3.63) is 24.0 Å². The minimum absolute atomic E-state index is 0.598. The van der Waals surface area contributed by atoms with E-state index in [1.165, 1.54) is 0 Å². The number of aryl methyl sites for hydroxylation is 1. The average Bonchev–Trinajstić information content (AvgIpc) is 2.34. The molecule has 0 aliphatic rings. The van der Waals surface area contributed by atoms with E-state index in [-0.39, 0.29) is 0 Å². The van der Waals surface area contributed by atoms with E-state index in [1.807, 2.05) is 18.3 Å². The van der Waals surface area contributed by atoms with Crippen molar-refractivity contribution in [3.8, 4) is 6.07 Å². The molecule has 0 aliphatic heterocycles. The van der Waals surface area contributed by atoms with E-state index in [2.05, 4.69) is 11.1 Å². The number of aromatic nitrogens is 1. The Labute approximate surface area is 54.1 Å². The van der Waals surface area contributed by atoms with Crippen LogP contribution in [-0.4, -0.2) is 4.98 Å². The maximum Gasteiger partial charge on any atom is 0.0625 e. The van der Waals surface area contributed by atoms with Crippen LogP contribution in [0.1, 0.15) is 12.1 Å². The molecule has 0 saturated heterocycles. The van der Waals surface area contributed by atoms with Gasteiger partial charge in [0.15, 0.2) is 0 Å². The topological polar surface area (TPSA) is 39.6 Å². The van der Waals surface area contributed by atoms with Crippen molar-refractivity contribution in [3.63, 3.8) is 0 Å². The Hall–Kier alpha value is -1.23. The molecule has 1 heterocycles. The quantitative estimate of drug-likeness (QED) is 0.630. The SMILES string of the molecule is N#CCCc1ccc[nH]1. The van der Waals surface area contributed by atoms with Crippen molar-refractivity contribution in [2.45, 2.75) is 12.8 Å². The van der Waals surface area contributed by atoms with Crippen molar-refractivity contribution in [2.75, 3.05) is 0 Å². The Kier molecular flexibility index (Phi) is 1.92. The first-order valence-electron chi connectivity index (χ1n) is 2.92. The molecule has 0 unspecified atom stereocenters. The number of rotatable bonds is 2. The Morgan fingerprint density at radius 1 is 1.67 bits per heavy atom. The lowest BCUT2D eigenvalue weighted by molar-refractivity contribution is 0.967. The van der Waals surface area contributed by atoms with Crippen molar-refractivity contribution in [2.24, 2.45) is 0 Å². The second kappa shape index (κ2) is 2.93. The molecule has 1 rings (SSSR count). The standard InChI is InChI=1S/C7H8N2/c8-5-1-3-7-4-2-6-9-7/h2,4,6,9H,1,3H2. The smallest absolute Gasteiger partial charge is 0.0625 e. The van der Waals surface area contributed by atoms with Gasteiger partial charge in [-0.1, -0.05) is 0 Å². The predicted octanol–water partition coefficient (Wildman–Crippen LogP) is 1.47. The molecule has 0 radical (unpaired) electrons. The van der Waals surface area contributed by atoms with Gasteiger partial charge in [-0.05, 0) is 12.1 Å². The molecular formula is C7H8N2. The lowest BCUT2D eigenvalue weighted by Gasteiger charge is -1.86. The van der Waals surface area contributed by atoms with Gasteiger partial charge in [-0.25, -0.2) is 0 Å². The number of nitriles is 1. The molecule has 0 aromatic carbocycles. The molecule has 1 aromatic rings. The highest BCUT2D eigenvalue weighted by Gasteiger charge is 1.88. The van der Waals surface area contributed by atoms with Crippen LogP contribution >= 0.6 is 0 Å². The Balaban J connectivity index is 2.41. The van der Waals surface area contributed by atoms with Crippen LogP contribution in [0.5, 0.6) is 0 Å². The van der Waals surface area contributed by atoms with E-state index in [1.54, 1.807) is 0 Å². The van der Waals surface area contributed by atoms with Gasteiger partial charge >= 0.3 is 0 Å². The zero-order chi connectivity index (χ0) is 6.53. The normalized spacial score (nSPS) is 8.78. The number of nitrogens with zero attached hydrogens (tertiary/aromatic N) is 1. The van der Waals surface area contributed by atoms with Gasteiger partial charge in [0.25, 0.3) is 0 Å². The zero-order valence-corrected chi connectivity index (χ0v) is 5.09. The third-order valence-corrected chi connectivity index (χ3v) is 1.17. The van der Waals surface area contributed by atoms with E-state index in [9.17, 15) is 0 Å². The summed E-state index contributed by atoms with van der Waals surface area (Å²) in [7, 11) is 0. The highest BCUT2D eigenvalue weighted by atomic mass is 14.7. The number of nitrogens with one attached hydrogen (secondary N) is 1. The van der Waals surface area contributed by atoms with E-state index in [0.29, 0.717) is 6.42 Å². The molecule has 0 atom stereocenters. The van der Waals surface area contributed by atoms with E-state index >= 15 is 0 Å². The maximum absolute atomic E-state index is 8.20. The molecule has 1 aromatic heterocycles. The first-order valence-corrected chi connectivity index (χ1v) is 2.92. The van der Waals surface area contributed by atoms with Gasteiger partial charge in [0, 0.05) is 24.7 Å². The van der Waals surface area contributed by atoms with Crippen LogP contribution in [0, 0.1) is 11.3 Å². The molecule has 46 valence electrons. The third kappa shape index (κ3) is 1.61. The molecule has 0 aliphatic carbocycles. The molecule has 0 bridgehead atoms. The summed E-state index contributed by atoms with van der Waals surface area (Å²) in [5, 5.41) is 8.20.